The van der Waals surface area contributed by atoms with Crippen molar-refractivity contribution < 1.29 is 4.55 Å². The van der Waals surface area contributed by atoms with E-state index in [-0.39, 0.29) is 0 Å². The van der Waals surface area contributed by atoms with Crippen molar-refractivity contribution in [2.75, 3.05) is 0 Å². The van der Waals surface area contributed by atoms with E-state index >= 15 is 0 Å². The number of hydrogen-bond acceptors (Lipinski definition) is 1. The van der Waals surface area contributed by atoms with Gasteiger partial charge in [-0.15, -0.1) is 0 Å². The molecule has 0 N–H and O–H groups in total. The molecular weight excluding hydrogens is 156 g/mol. The van der Waals surface area contributed by atoms with Gasteiger partial charge in [0.25, 0.3) is 0 Å². The molecule has 1 nitrogen and oxygen atoms in total. The highest BCUT2D eigenvalue weighted by molar-refractivity contribution is 7.94. The molecule has 11 heavy (non-hydrogen) atoms. The van der Waals surface area contributed by atoms with E-state index in [9.17, 15) is 4.55 Å². The Morgan fingerprint density at radius 2 is 2.09 bits per heavy atom. The topological polar surface area (TPSA) is 23.1 Å². The van der Waals surface area contributed by atoms with Crippen LogP contribution in [0.3, 0.4) is 0 Å². The van der Waals surface area contributed by atoms with Crippen LogP contribution in [-0.4, -0.2) is 4.55 Å². The predicted octanol–water partition coefficient (Wildman–Crippen LogP) is 2.25. The Balaban J connectivity index is 3.02. The van der Waals surface area contributed by atoms with E-state index in [2.05, 4.69) is 6.58 Å². The molecule has 0 amide bonds. The summed E-state index contributed by atoms with van der Waals surface area (Å²) in [4.78, 5) is 0.850. The van der Waals surface area contributed by atoms with Crippen molar-refractivity contribution in [3.8, 4) is 0 Å². The van der Waals surface area contributed by atoms with Crippen LogP contribution in [0.5, 0.6) is 0 Å². The van der Waals surface area contributed by atoms with Gasteiger partial charge < -0.3 is 4.55 Å². The Kier molecular flexibility index (Phi) is 2.74. The summed E-state index contributed by atoms with van der Waals surface area (Å²) in [6.07, 6.45) is 0. The summed E-state index contributed by atoms with van der Waals surface area (Å²) in [6.45, 7) is 5.42. The summed E-state index contributed by atoms with van der Waals surface area (Å²) >= 11 is -1.04. The third-order valence-electron chi connectivity index (χ3n) is 1.46. The van der Waals surface area contributed by atoms with Crippen molar-refractivity contribution in [1.82, 2.24) is 0 Å². The molecule has 0 bridgehead atoms. The van der Waals surface area contributed by atoms with Crippen molar-refractivity contribution in [2.45, 2.75) is 11.8 Å². The van der Waals surface area contributed by atoms with Crippen LogP contribution in [0.15, 0.2) is 41.1 Å². The lowest BCUT2D eigenvalue weighted by Gasteiger charge is -2.05. The normalized spacial score (nSPS) is 12.5. The lowest BCUT2D eigenvalue weighted by atomic mass is 10.2. The van der Waals surface area contributed by atoms with Crippen molar-refractivity contribution in [3.63, 3.8) is 0 Å². The van der Waals surface area contributed by atoms with Gasteiger partial charge in [-0.25, -0.2) is 0 Å². The Hall–Kier alpha value is -0.730. The molecule has 0 saturated heterocycles. The number of rotatable bonds is 2. The lowest BCUT2D eigenvalue weighted by molar-refractivity contribution is 0.603. The molecule has 1 rings (SSSR count). The highest BCUT2D eigenvalue weighted by Gasteiger charge is 2.07. The van der Waals surface area contributed by atoms with Crippen LogP contribution in [0.4, 0.5) is 0 Å². The Morgan fingerprint density at radius 1 is 1.45 bits per heavy atom. The van der Waals surface area contributed by atoms with Gasteiger partial charge in [0.1, 0.15) is 5.41 Å². The van der Waals surface area contributed by atoms with Gasteiger partial charge in [0.15, 0.2) is 4.90 Å². The Labute approximate surface area is 69.9 Å². The Morgan fingerprint density at radius 3 is 2.64 bits per heavy atom. The first-order chi connectivity index (χ1) is 5.25. The standard InChI is InChI=1S/C9H10OS/c1-3-11(10)9-7-5-4-6-8(9)2/h3-7H,1H2,2H3. The van der Waals surface area contributed by atoms with Crippen LogP contribution in [0.25, 0.3) is 0 Å². The second-order valence-electron chi connectivity index (χ2n) is 2.23. The summed E-state index contributed by atoms with van der Waals surface area (Å²) in [6, 6.07) is 7.60. The molecule has 0 spiro atoms. The van der Waals surface area contributed by atoms with Gasteiger partial charge in [-0.3, -0.25) is 0 Å². The van der Waals surface area contributed by atoms with Crippen LogP contribution in [0.2, 0.25) is 0 Å². The minimum atomic E-state index is -1.04. The Bertz CT molecular complexity index is 257. The summed E-state index contributed by atoms with van der Waals surface area (Å²) in [5, 5.41) is 1.45. The molecule has 1 unspecified atom stereocenters. The van der Waals surface area contributed by atoms with Crippen LogP contribution in [0, 0.1) is 6.92 Å². The minimum absolute atomic E-state index is 0.850. The van der Waals surface area contributed by atoms with Crippen molar-refractivity contribution >= 4 is 11.2 Å². The van der Waals surface area contributed by atoms with E-state index in [1.807, 2.05) is 31.2 Å². The molecule has 0 aliphatic heterocycles. The van der Waals surface area contributed by atoms with Crippen LogP contribution >= 0.6 is 0 Å². The maximum absolute atomic E-state index is 11.2. The molecule has 2 heteroatoms. The van der Waals surface area contributed by atoms with E-state index in [1.54, 1.807) is 0 Å². The molecule has 0 fully saturated rings. The van der Waals surface area contributed by atoms with E-state index in [0.29, 0.717) is 0 Å². The van der Waals surface area contributed by atoms with E-state index < -0.39 is 11.2 Å². The third kappa shape index (κ3) is 1.85. The van der Waals surface area contributed by atoms with Crippen LogP contribution < -0.4 is 0 Å². The van der Waals surface area contributed by atoms with Crippen molar-refractivity contribution in [1.29, 1.82) is 0 Å². The third-order valence-corrected chi connectivity index (χ3v) is 2.66. The molecule has 0 aromatic heterocycles. The monoisotopic (exact) mass is 166 g/mol. The fourth-order valence-corrected chi connectivity index (χ4v) is 1.65. The minimum Gasteiger partial charge on any atom is -0.607 e. The van der Waals surface area contributed by atoms with Gasteiger partial charge in [-0.2, -0.15) is 0 Å². The first-order valence-corrected chi connectivity index (χ1v) is 4.56. The highest BCUT2D eigenvalue weighted by Crippen LogP contribution is 2.15. The fraction of sp³-hybridized carbons (Fsp3) is 0.111. The van der Waals surface area contributed by atoms with Crippen LogP contribution in [-0.2, 0) is 11.2 Å². The molecular formula is C9H10OS. The molecule has 58 valence electrons. The second-order valence-corrected chi connectivity index (χ2v) is 3.60. The largest absolute Gasteiger partial charge is 0.607 e. The maximum Gasteiger partial charge on any atom is 0.160 e. The van der Waals surface area contributed by atoms with Gasteiger partial charge >= 0.3 is 0 Å². The number of hydrogen-bond donors (Lipinski definition) is 0. The van der Waals surface area contributed by atoms with Gasteiger partial charge in [0.2, 0.25) is 0 Å². The number of benzene rings is 1. The lowest BCUT2D eigenvalue weighted by Crippen LogP contribution is -1.97. The molecule has 0 heterocycles. The van der Waals surface area contributed by atoms with E-state index in [1.165, 1.54) is 5.41 Å². The quantitative estimate of drug-likeness (QED) is 0.618. The molecule has 0 saturated carbocycles. The molecule has 1 aromatic carbocycles. The summed E-state index contributed by atoms with van der Waals surface area (Å²) in [5.41, 5.74) is 1.05. The fourth-order valence-electron chi connectivity index (χ4n) is 0.872. The zero-order valence-electron chi connectivity index (χ0n) is 6.41. The van der Waals surface area contributed by atoms with Gasteiger partial charge in [0.05, 0.1) is 0 Å². The van der Waals surface area contributed by atoms with Gasteiger partial charge in [-0.05, 0) is 13.0 Å². The van der Waals surface area contributed by atoms with Crippen LogP contribution in [0.1, 0.15) is 5.56 Å². The molecule has 0 radical (unpaired) electrons. The smallest absolute Gasteiger partial charge is 0.160 e. The maximum atomic E-state index is 11.2. The van der Waals surface area contributed by atoms with Crippen molar-refractivity contribution in [2.24, 2.45) is 0 Å². The zero-order valence-corrected chi connectivity index (χ0v) is 7.23. The van der Waals surface area contributed by atoms with Crippen molar-refractivity contribution in [3.05, 3.63) is 41.8 Å². The first-order valence-electron chi connectivity index (χ1n) is 3.34. The first kappa shape index (κ1) is 8.37. The number of aryl methyl sites for hydroxylation is 1. The highest BCUT2D eigenvalue weighted by atomic mass is 32.2. The molecule has 1 atom stereocenters. The molecule has 0 aliphatic carbocycles. The zero-order chi connectivity index (χ0) is 8.27. The van der Waals surface area contributed by atoms with Gasteiger partial charge in [0, 0.05) is 16.7 Å². The SMILES string of the molecule is C=C[S+]([O-])c1ccccc1C. The molecule has 1 aromatic rings. The summed E-state index contributed by atoms with van der Waals surface area (Å²) in [7, 11) is 0. The second kappa shape index (κ2) is 3.60. The predicted molar refractivity (Wildman–Crippen MR) is 47.8 cm³/mol. The summed E-state index contributed by atoms with van der Waals surface area (Å²) in [5.74, 6) is 0. The summed E-state index contributed by atoms with van der Waals surface area (Å²) < 4.78 is 11.2. The molecule has 0 aliphatic rings. The van der Waals surface area contributed by atoms with E-state index in [0.717, 1.165) is 10.5 Å². The average molecular weight is 166 g/mol. The average Bonchev–Trinajstić information content (AvgIpc) is 2.04. The van der Waals surface area contributed by atoms with E-state index in [4.69, 9.17) is 0 Å². The van der Waals surface area contributed by atoms with Gasteiger partial charge in [-0.1, -0.05) is 24.8 Å².